The van der Waals surface area contributed by atoms with Crippen LogP contribution in [0.3, 0.4) is 0 Å². The predicted molar refractivity (Wildman–Crippen MR) is 64.3 cm³/mol. The number of aliphatic carboxylic acids is 1. The van der Waals surface area contributed by atoms with Crippen LogP contribution in [0.15, 0.2) is 18.2 Å². The summed E-state index contributed by atoms with van der Waals surface area (Å²) in [6, 6.07) is 6.28. The molecular weight excluding hydrogens is 208 g/mol. The first-order valence-electron chi connectivity index (χ1n) is 4.91. The topological polar surface area (TPSA) is 37.3 Å². The molecule has 0 saturated carbocycles. The second kappa shape index (κ2) is 5.21. The minimum atomic E-state index is -0.745. The van der Waals surface area contributed by atoms with E-state index in [1.165, 1.54) is 28.5 Å². The zero-order chi connectivity index (χ0) is 11.4. The number of thioether (sulfide) groups is 1. The van der Waals surface area contributed by atoms with Crippen LogP contribution in [-0.2, 0) is 10.5 Å². The first-order chi connectivity index (χ1) is 7.00. The van der Waals surface area contributed by atoms with Gasteiger partial charge in [0.05, 0.1) is 5.25 Å². The van der Waals surface area contributed by atoms with Gasteiger partial charge in [0.1, 0.15) is 0 Å². The second-order valence-corrected chi connectivity index (χ2v) is 5.05. The monoisotopic (exact) mass is 224 g/mol. The van der Waals surface area contributed by atoms with Crippen LogP contribution in [0.5, 0.6) is 0 Å². The molecule has 2 nitrogen and oxygen atoms in total. The Morgan fingerprint density at radius 1 is 1.47 bits per heavy atom. The molecule has 82 valence electrons. The van der Waals surface area contributed by atoms with Crippen LogP contribution in [-0.4, -0.2) is 16.3 Å². The zero-order valence-electron chi connectivity index (χ0n) is 9.28. The van der Waals surface area contributed by atoms with Crippen LogP contribution < -0.4 is 0 Å². The molecule has 1 aromatic carbocycles. The fourth-order valence-electron chi connectivity index (χ4n) is 1.24. The molecule has 1 rings (SSSR count). The van der Waals surface area contributed by atoms with E-state index in [0.717, 1.165) is 5.75 Å². The molecule has 0 aliphatic carbocycles. The van der Waals surface area contributed by atoms with Crippen LogP contribution in [0.4, 0.5) is 0 Å². The van der Waals surface area contributed by atoms with Crippen molar-refractivity contribution in [3.63, 3.8) is 0 Å². The van der Waals surface area contributed by atoms with Gasteiger partial charge < -0.3 is 5.11 Å². The van der Waals surface area contributed by atoms with E-state index in [1.807, 2.05) is 6.92 Å². The standard InChI is InChI=1S/C12H16O2S/c1-8-4-5-9(2)11(6-8)7-15-10(3)12(13)14/h4-6,10H,7H2,1-3H3,(H,13,14)/t10-/m1/s1. The molecule has 0 spiro atoms. The van der Waals surface area contributed by atoms with Crippen molar-refractivity contribution in [1.29, 1.82) is 0 Å². The van der Waals surface area contributed by atoms with Gasteiger partial charge in [-0.3, -0.25) is 4.79 Å². The summed E-state index contributed by atoms with van der Waals surface area (Å²) in [7, 11) is 0. The maximum Gasteiger partial charge on any atom is 0.316 e. The Morgan fingerprint density at radius 3 is 2.73 bits per heavy atom. The van der Waals surface area contributed by atoms with E-state index in [4.69, 9.17) is 5.11 Å². The average Bonchev–Trinajstić information content (AvgIpc) is 2.18. The fraction of sp³-hybridized carbons (Fsp3) is 0.417. The maximum absolute atomic E-state index is 10.7. The second-order valence-electron chi connectivity index (χ2n) is 3.72. The Hall–Kier alpha value is -0.960. The SMILES string of the molecule is Cc1ccc(C)c(CS[C@H](C)C(=O)O)c1. The van der Waals surface area contributed by atoms with Crippen LogP contribution in [0.2, 0.25) is 0 Å². The Kier molecular flexibility index (Phi) is 4.21. The predicted octanol–water partition coefficient (Wildman–Crippen LogP) is 3.01. The number of hydrogen-bond acceptors (Lipinski definition) is 2. The summed E-state index contributed by atoms with van der Waals surface area (Å²) in [5, 5.41) is 8.42. The van der Waals surface area contributed by atoms with Crippen molar-refractivity contribution in [2.45, 2.75) is 31.8 Å². The third-order valence-corrected chi connectivity index (χ3v) is 3.52. The van der Waals surface area contributed by atoms with E-state index in [2.05, 4.69) is 25.1 Å². The van der Waals surface area contributed by atoms with Gasteiger partial charge in [-0.25, -0.2) is 0 Å². The molecule has 0 radical (unpaired) electrons. The van der Waals surface area contributed by atoms with Crippen LogP contribution in [0, 0.1) is 13.8 Å². The Morgan fingerprint density at radius 2 is 2.13 bits per heavy atom. The Bertz CT molecular complexity index is 361. The van der Waals surface area contributed by atoms with Gasteiger partial charge in [-0.2, -0.15) is 0 Å². The van der Waals surface area contributed by atoms with E-state index in [0.29, 0.717) is 0 Å². The van der Waals surface area contributed by atoms with Crippen molar-refractivity contribution in [2.24, 2.45) is 0 Å². The molecule has 15 heavy (non-hydrogen) atoms. The van der Waals surface area contributed by atoms with Gasteiger partial charge >= 0.3 is 5.97 Å². The van der Waals surface area contributed by atoms with Gasteiger partial charge in [-0.05, 0) is 31.9 Å². The average molecular weight is 224 g/mol. The molecule has 0 bridgehead atoms. The van der Waals surface area contributed by atoms with Crippen molar-refractivity contribution in [1.82, 2.24) is 0 Å². The highest BCUT2D eigenvalue weighted by atomic mass is 32.2. The number of rotatable bonds is 4. The lowest BCUT2D eigenvalue weighted by Crippen LogP contribution is -2.11. The lowest BCUT2D eigenvalue weighted by atomic mass is 10.1. The molecule has 1 atom stereocenters. The number of aryl methyl sites for hydroxylation is 2. The van der Waals surface area contributed by atoms with Crippen molar-refractivity contribution < 1.29 is 9.90 Å². The summed E-state index contributed by atoms with van der Waals surface area (Å²) in [5.41, 5.74) is 3.68. The fourth-order valence-corrected chi connectivity index (χ4v) is 2.12. The van der Waals surface area contributed by atoms with Crippen molar-refractivity contribution in [3.05, 3.63) is 34.9 Å². The van der Waals surface area contributed by atoms with E-state index in [1.54, 1.807) is 6.92 Å². The van der Waals surface area contributed by atoms with Crippen LogP contribution in [0.1, 0.15) is 23.6 Å². The van der Waals surface area contributed by atoms with Crippen LogP contribution in [0.25, 0.3) is 0 Å². The molecule has 1 aromatic rings. The molecule has 0 unspecified atom stereocenters. The zero-order valence-corrected chi connectivity index (χ0v) is 10.1. The summed E-state index contributed by atoms with van der Waals surface area (Å²) in [6.45, 7) is 5.83. The van der Waals surface area contributed by atoms with Gasteiger partial charge in [0.15, 0.2) is 0 Å². The molecule has 3 heteroatoms. The molecule has 0 aliphatic rings. The van der Waals surface area contributed by atoms with E-state index in [-0.39, 0.29) is 5.25 Å². The summed E-state index contributed by atoms with van der Waals surface area (Å²) in [5.74, 6) is 0.0198. The van der Waals surface area contributed by atoms with Gasteiger partial charge in [-0.15, -0.1) is 11.8 Å². The minimum absolute atomic E-state index is 0.343. The highest BCUT2D eigenvalue weighted by molar-refractivity contribution is 7.99. The summed E-state index contributed by atoms with van der Waals surface area (Å²) < 4.78 is 0. The third-order valence-electron chi connectivity index (χ3n) is 2.34. The first-order valence-corrected chi connectivity index (χ1v) is 5.96. The highest BCUT2D eigenvalue weighted by Crippen LogP contribution is 2.21. The molecule has 0 fully saturated rings. The van der Waals surface area contributed by atoms with Crippen LogP contribution >= 0.6 is 11.8 Å². The number of carboxylic acid groups (broad SMARTS) is 1. The van der Waals surface area contributed by atoms with E-state index >= 15 is 0 Å². The lowest BCUT2D eigenvalue weighted by molar-refractivity contribution is -0.136. The minimum Gasteiger partial charge on any atom is -0.480 e. The smallest absolute Gasteiger partial charge is 0.316 e. The summed E-state index contributed by atoms with van der Waals surface area (Å²) in [4.78, 5) is 10.7. The van der Waals surface area contributed by atoms with Crippen molar-refractivity contribution in [3.8, 4) is 0 Å². The summed E-state index contributed by atoms with van der Waals surface area (Å²) in [6.07, 6.45) is 0. The number of carbonyl (C=O) groups is 1. The Balaban J connectivity index is 2.65. The van der Waals surface area contributed by atoms with Gasteiger partial charge in [-0.1, -0.05) is 23.8 Å². The van der Waals surface area contributed by atoms with E-state index in [9.17, 15) is 4.79 Å². The molecule has 0 heterocycles. The molecule has 1 N–H and O–H groups in total. The molecule has 0 amide bonds. The van der Waals surface area contributed by atoms with Gasteiger partial charge in [0, 0.05) is 5.75 Å². The van der Waals surface area contributed by atoms with E-state index < -0.39 is 5.97 Å². The molecule has 0 aliphatic heterocycles. The van der Waals surface area contributed by atoms with Gasteiger partial charge in [0.2, 0.25) is 0 Å². The number of benzene rings is 1. The highest BCUT2D eigenvalue weighted by Gasteiger charge is 2.11. The number of carboxylic acids is 1. The number of hydrogen-bond donors (Lipinski definition) is 1. The third kappa shape index (κ3) is 3.59. The lowest BCUT2D eigenvalue weighted by Gasteiger charge is -2.09. The Labute approximate surface area is 94.7 Å². The van der Waals surface area contributed by atoms with Gasteiger partial charge in [0.25, 0.3) is 0 Å². The largest absolute Gasteiger partial charge is 0.480 e. The molecule has 0 aromatic heterocycles. The normalized spacial score (nSPS) is 12.5. The summed E-state index contributed by atoms with van der Waals surface area (Å²) >= 11 is 1.46. The molecule has 0 saturated heterocycles. The first kappa shape index (κ1) is 12.1. The van der Waals surface area contributed by atoms with Crippen molar-refractivity contribution >= 4 is 17.7 Å². The maximum atomic E-state index is 10.7. The quantitative estimate of drug-likeness (QED) is 0.854. The van der Waals surface area contributed by atoms with Crippen molar-refractivity contribution in [2.75, 3.05) is 0 Å². The molecular formula is C12H16O2S.